The van der Waals surface area contributed by atoms with Gasteiger partial charge >= 0.3 is 6.18 Å². The van der Waals surface area contributed by atoms with Gasteiger partial charge in [0.15, 0.2) is 11.7 Å². The van der Waals surface area contributed by atoms with E-state index in [-0.39, 0.29) is 30.5 Å². The Morgan fingerprint density at radius 2 is 1.97 bits per heavy atom. The lowest BCUT2D eigenvalue weighted by molar-refractivity contribution is -0.140. The van der Waals surface area contributed by atoms with Crippen molar-refractivity contribution in [2.75, 3.05) is 6.54 Å². The lowest BCUT2D eigenvalue weighted by atomic mass is 10.2. The first kappa shape index (κ1) is 23.1. The van der Waals surface area contributed by atoms with E-state index in [2.05, 4.69) is 30.6 Å². The van der Waals surface area contributed by atoms with Gasteiger partial charge in [-0.15, -0.1) is 35.3 Å². The zero-order valence-corrected chi connectivity index (χ0v) is 18.6. The van der Waals surface area contributed by atoms with Crippen molar-refractivity contribution in [1.82, 2.24) is 25.6 Å². The number of aromatic nitrogens is 3. The van der Waals surface area contributed by atoms with Gasteiger partial charge in [0.05, 0.1) is 18.4 Å². The molecule has 0 aliphatic carbocycles. The van der Waals surface area contributed by atoms with Gasteiger partial charge in [-0.25, -0.2) is 15.0 Å². The number of alkyl halides is 3. The summed E-state index contributed by atoms with van der Waals surface area (Å²) in [6.45, 7) is 2.97. The monoisotopic (exact) mass is 536 g/mol. The molecule has 0 spiro atoms. The third-order valence-electron chi connectivity index (χ3n) is 3.69. The predicted molar refractivity (Wildman–Crippen MR) is 118 cm³/mol. The second-order valence-electron chi connectivity index (χ2n) is 5.78. The van der Waals surface area contributed by atoms with Gasteiger partial charge in [-0.2, -0.15) is 13.2 Å². The van der Waals surface area contributed by atoms with Crippen LogP contribution in [0.5, 0.6) is 0 Å². The highest BCUT2D eigenvalue weighted by atomic mass is 127. The quantitative estimate of drug-likeness (QED) is 0.248. The molecule has 0 fully saturated rings. The molecule has 3 aromatic rings. The molecule has 6 nitrogen and oxygen atoms in total. The van der Waals surface area contributed by atoms with E-state index >= 15 is 0 Å². The Labute approximate surface area is 187 Å². The van der Waals surface area contributed by atoms with E-state index < -0.39 is 11.9 Å². The number of nitrogens with zero attached hydrogens (tertiary/aromatic N) is 3. The topological polar surface area (TPSA) is 78.0 Å². The van der Waals surface area contributed by atoms with Crippen molar-refractivity contribution in [3.63, 3.8) is 0 Å². The Hall–Kier alpha value is -2.15. The summed E-state index contributed by atoms with van der Waals surface area (Å²) >= 11 is 0.957. The molecule has 0 atom stereocenters. The molecule has 0 saturated carbocycles. The third kappa shape index (κ3) is 6.70. The van der Waals surface area contributed by atoms with Crippen LogP contribution in [0.25, 0.3) is 11.3 Å². The normalized spacial score (nSPS) is 11.8. The van der Waals surface area contributed by atoms with E-state index in [0.29, 0.717) is 29.9 Å². The zero-order valence-electron chi connectivity index (χ0n) is 15.5. The van der Waals surface area contributed by atoms with E-state index in [1.165, 1.54) is 0 Å². The van der Waals surface area contributed by atoms with Crippen molar-refractivity contribution in [1.29, 1.82) is 0 Å². The molecular weight excluding hydrogens is 516 g/mol. The van der Waals surface area contributed by atoms with Crippen LogP contribution in [0.2, 0.25) is 0 Å². The van der Waals surface area contributed by atoms with Crippen molar-refractivity contribution in [2.24, 2.45) is 4.99 Å². The number of nitrogens with one attached hydrogen (secondary N) is 3. The van der Waals surface area contributed by atoms with Gasteiger partial charge in [-0.1, -0.05) is 30.3 Å². The van der Waals surface area contributed by atoms with Crippen molar-refractivity contribution in [2.45, 2.75) is 26.2 Å². The molecule has 0 aliphatic rings. The Kier molecular flexibility index (Phi) is 8.44. The maximum atomic E-state index is 12.6. The molecule has 0 aliphatic heterocycles. The summed E-state index contributed by atoms with van der Waals surface area (Å²) in [5.74, 6) is 1.16. The summed E-state index contributed by atoms with van der Waals surface area (Å²) in [7, 11) is 0. The number of hydrogen-bond acceptors (Lipinski definition) is 4. The van der Waals surface area contributed by atoms with Crippen molar-refractivity contribution >= 4 is 41.3 Å². The summed E-state index contributed by atoms with van der Waals surface area (Å²) in [5.41, 5.74) is 1.05. The largest absolute Gasteiger partial charge is 0.434 e. The smallest absolute Gasteiger partial charge is 0.357 e. The number of benzene rings is 1. The summed E-state index contributed by atoms with van der Waals surface area (Å²) in [6, 6.07) is 9.80. The highest BCUT2D eigenvalue weighted by Crippen LogP contribution is 2.29. The number of thiazole rings is 1. The maximum absolute atomic E-state index is 12.6. The fourth-order valence-electron chi connectivity index (χ4n) is 2.38. The fourth-order valence-corrected chi connectivity index (χ4v) is 3.13. The minimum Gasteiger partial charge on any atom is -0.357 e. The number of aromatic amines is 1. The Morgan fingerprint density at radius 1 is 1.21 bits per heavy atom. The second kappa shape index (κ2) is 10.6. The Balaban J connectivity index is 0.00000300. The highest BCUT2D eigenvalue weighted by molar-refractivity contribution is 14.0. The number of imidazole rings is 1. The molecule has 2 heterocycles. The number of guanidine groups is 1. The van der Waals surface area contributed by atoms with Crippen molar-refractivity contribution in [3.8, 4) is 11.3 Å². The predicted octanol–water partition coefficient (Wildman–Crippen LogP) is 4.43. The molecule has 0 amide bonds. The number of aliphatic imine (C=N–C) groups is 1. The van der Waals surface area contributed by atoms with E-state index in [1.807, 2.05) is 37.3 Å². The number of H-pyrrole nitrogens is 1. The number of halogens is 4. The van der Waals surface area contributed by atoms with Gasteiger partial charge in [-0.05, 0) is 12.5 Å². The van der Waals surface area contributed by atoms with Gasteiger partial charge in [0, 0.05) is 11.9 Å². The lowest BCUT2D eigenvalue weighted by Crippen LogP contribution is -2.36. The first-order valence-corrected chi connectivity index (χ1v) is 9.46. The average molecular weight is 536 g/mol. The highest BCUT2D eigenvalue weighted by Gasteiger charge is 2.33. The standard InChI is InChI=1S/C18H19F3N6S.HI/c1-2-22-17(25-10-16-27-14(11-28-16)18(19,20)21)24-9-15-23-8-13(26-15)12-6-4-3-5-7-12;/h3-8,11H,2,9-10H2,1H3,(H,23,26)(H2,22,24,25);1H. The molecule has 11 heteroatoms. The summed E-state index contributed by atoms with van der Waals surface area (Å²) in [5, 5.41) is 7.38. The van der Waals surface area contributed by atoms with E-state index in [4.69, 9.17) is 0 Å². The molecule has 1 aromatic carbocycles. The van der Waals surface area contributed by atoms with Gasteiger partial charge in [0.2, 0.25) is 0 Å². The molecule has 156 valence electrons. The third-order valence-corrected chi connectivity index (χ3v) is 4.54. The maximum Gasteiger partial charge on any atom is 0.434 e. The van der Waals surface area contributed by atoms with E-state index in [0.717, 1.165) is 28.0 Å². The Morgan fingerprint density at radius 3 is 2.62 bits per heavy atom. The summed E-state index contributed by atoms with van der Waals surface area (Å²) < 4.78 is 37.9. The lowest BCUT2D eigenvalue weighted by Gasteiger charge is -2.09. The van der Waals surface area contributed by atoms with Gasteiger partial charge in [-0.3, -0.25) is 0 Å². The van der Waals surface area contributed by atoms with Crippen LogP contribution in [0.15, 0.2) is 46.9 Å². The molecule has 3 N–H and O–H groups in total. The van der Waals surface area contributed by atoms with Crippen LogP contribution in [-0.4, -0.2) is 27.5 Å². The SMILES string of the molecule is CCNC(=NCc1ncc(-c2ccccc2)[nH]1)NCc1nc(C(F)(F)F)cs1.I. The fraction of sp³-hybridized carbons (Fsp3) is 0.278. The van der Waals surface area contributed by atoms with Gasteiger partial charge in [0.1, 0.15) is 17.4 Å². The van der Waals surface area contributed by atoms with Gasteiger partial charge in [0.25, 0.3) is 0 Å². The van der Waals surface area contributed by atoms with Crippen molar-refractivity contribution < 1.29 is 13.2 Å². The zero-order chi connectivity index (χ0) is 20.0. The molecule has 0 radical (unpaired) electrons. The first-order valence-electron chi connectivity index (χ1n) is 8.58. The average Bonchev–Trinajstić information content (AvgIpc) is 3.34. The summed E-state index contributed by atoms with van der Waals surface area (Å²) in [4.78, 5) is 15.5. The molecule has 0 unspecified atom stereocenters. The van der Waals surface area contributed by atoms with Crippen LogP contribution in [0.1, 0.15) is 23.4 Å². The van der Waals surface area contributed by atoms with Crippen molar-refractivity contribution in [3.05, 3.63) is 58.4 Å². The van der Waals surface area contributed by atoms with Crippen LogP contribution in [0, 0.1) is 0 Å². The van der Waals surface area contributed by atoms with Crippen LogP contribution < -0.4 is 10.6 Å². The van der Waals surface area contributed by atoms with E-state index in [9.17, 15) is 13.2 Å². The van der Waals surface area contributed by atoms with Gasteiger partial charge < -0.3 is 15.6 Å². The number of hydrogen-bond donors (Lipinski definition) is 3. The molecule has 2 aromatic heterocycles. The van der Waals surface area contributed by atoms with Crippen LogP contribution in [-0.2, 0) is 19.3 Å². The molecule has 0 saturated heterocycles. The molecular formula is C18H20F3IN6S. The summed E-state index contributed by atoms with van der Waals surface area (Å²) in [6.07, 6.45) is -2.68. The number of rotatable bonds is 6. The van der Waals surface area contributed by atoms with Crippen LogP contribution in [0.4, 0.5) is 13.2 Å². The van der Waals surface area contributed by atoms with Crippen LogP contribution in [0.3, 0.4) is 0 Å². The molecule has 29 heavy (non-hydrogen) atoms. The second-order valence-corrected chi connectivity index (χ2v) is 6.73. The molecule has 0 bridgehead atoms. The van der Waals surface area contributed by atoms with E-state index in [1.54, 1.807) is 6.20 Å². The minimum atomic E-state index is -4.43. The minimum absolute atomic E-state index is 0. The van der Waals surface area contributed by atoms with Crippen LogP contribution >= 0.6 is 35.3 Å². The Bertz CT molecular complexity index is 923. The molecule has 3 rings (SSSR count). The first-order chi connectivity index (χ1) is 13.5.